The molecule has 3 rings (SSSR count). The van der Waals surface area contributed by atoms with Gasteiger partial charge in [0.05, 0.1) is 6.61 Å². The lowest BCUT2D eigenvalue weighted by Crippen LogP contribution is -2.39. The minimum atomic E-state index is -0.0731. The van der Waals surface area contributed by atoms with Crippen LogP contribution in [-0.2, 0) is 11.2 Å². The summed E-state index contributed by atoms with van der Waals surface area (Å²) in [7, 11) is 0. The average Bonchev–Trinajstić information content (AvgIpc) is 2.81. The topological polar surface area (TPSA) is 70.7 Å². The Kier molecular flexibility index (Phi) is 4.46. The molecule has 0 bridgehead atoms. The van der Waals surface area contributed by atoms with Crippen LogP contribution in [0.1, 0.15) is 12.0 Å². The normalized spacial score (nSPS) is 20.6. The molecule has 6 heteroatoms. The molecule has 3 amide bonds. The molecule has 1 aromatic rings. The molecule has 0 aliphatic carbocycles. The summed E-state index contributed by atoms with van der Waals surface area (Å²) in [6, 6.07) is 7.82. The molecule has 2 N–H and O–H groups in total. The zero-order valence-electron chi connectivity index (χ0n) is 12.5. The van der Waals surface area contributed by atoms with E-state index in [1.807, 2.05) is 24.3 Å². The highest BCUT2D eigenvalue weighted by Crippen LogP contribution is 2.26. The third kappa shape index (κ3) is 3.32. The number of urea groups is 1. The number of hydrogen-bond acceptors (Lipinski definition) is 3. The van der Waals surface area contributed by atoms with Gasteiger partial charge in [-0.2, -0.15) is 0 Å². The Balaban J connectivity index is 1.51. The highest BCUT2D eigenvalue weighted by atomic mass is 16.5. The van der Waals surface area contributed by atoms with E-state index in [-0.39, 0.29) is 17.9 Å². The molecule has 0 saturated carbocycles. The molecule has 2 aliphatic heterocycles. The number of ether oxygens (including phenoxy) is 1. The van der Waals surface area contributed by atoms with Crippen molar-refractivity contribution in [1.29, 1.82) is 0 Å². The minimum absolute atomic E-state index is 0.0416. The fraction of sp³-hybridized carbons (Fsp3) is 0.500. The number of rotatable bonds is 4. The minimum Gasteiger partial charge on any atom is -0.493 e. The molecule has 0 radical (unpaired) electrons. The summed E-state index contributed by atoms with van der Waals surface area (Å²) in [5.74, 6) is 0.850. The van der Waals surface area contributed by atoms with Crippen molar-refractivity contribution in [1.82, 2.24) is 15.5 Å². The van der Waals surface area contributed by atoms with Crippen LogP contribution in [0.3, 0.4) is 0 Å². The molecule has 1 atom stereocenters. The molecule has 0 spiro atoms. The lowest BCUT2D eigenvalue weighted by atomic mass is 9.96. The van der Waals surface area contributed by atoms with Gasteiger partial charge < -0.3 is 20.3 Å². The number of carbonyl (C=O) groups is 2. The SMILES string of the molecule is O=C(NCCN1CCNC1=O)C1CCOc2ccccc2C1. The zero-order chi connectivity index (χ0) is 15.4. The van der Waals surface area contributed by atoms with Crippen molar-refractivity contribution < 1.29 is 14.3 Å². The summed E-state index contributed by atoms with van der Waals surface area (Å²) in [6.45, 7) is 3.00. The second-order valence-corrected chi connectivity index (χ2v) is 5.66. The summed E-state index contributed by atoms with van der Waals surface area (Å²) in [4.78, 5) is 25.5. The van der Waals surface area contributed by atoms with E-state index in [4.69, 9.17) is 4.74 Å². The summed E-state index contributed by atoms with van der Waals surface area (Å²) in [5.41, 5.74) is 1.08. The van der Waals surface area contributed by atoms with E-state index in [2.05, 4.69) is 10.6 Å². The number of amides is 3. The first-order valence-corrected chi connectivity index (χ1v) is 7.75. The Morgan fingerprint density at radius 2 is 2.27 bits per heavy atom. The van der Waals surface area contributed by atoms with Crippen molar-refractivity contribution in [3.05, 3.63) is 29.8 Å². The lowest BCUT2D eigenvalue weighted by Gasteiger charge is -2.17. The Bertz CT molecular complexity index is 561. The first-order chi connectivity index (χ1) is 10.7. The predicted octanol–water partition coefficient (Wildman–Crippen LogP) is 0.769. The third-order valence-corrected chi connectivity index (χ3v) is 4.16. The van der Waals surface area contributed by atoms with E-state index in [0.29, 0.717) is 45.6 Å². The van der Waals surface area contributed by atoms with Crippen LogP contribution in [0.5, 0.6) is 5.75 Å². The lowest BCUT2D eigenvalue weighted by molar-refractivity contribution is -0.125. The van der Waals surface area contributed by atoms with Gasteiger partial charge in [0.25, 0.3) is 0 Å². The molecule has 2 aliphatic rings. The van der Waals surface area contributed by atoms with Crippen molar-refractivity contribution in [2.75, 3.05) is 32.8 Å². The molecule has 1 saturated heterocycles. The molecule has 1 unspecified atom stereocenters. The van der Waals surface area contributed by atoms with Gasteiger partial charge in [0.1, 0.15) is 5.75 Å². The fourth-order valence-corrected chi connectivity index (χ4v) is 2.90. The van der Waals surface area contributed by atoms with Gasteiger partial charge in [-0.1, -0.05) is 18.2 Å². The molecule has 1 aromatic carbocycles. The van der Waals surface area contributed by atoms with Gasteiger partial charge in [-0.15, -0.1) is 0 Å². The van der Waals surface area contributed by atoms with Crippen molar-refractivity contribution in [3.8, 4) is 5.75 Å². The van der Waals surface area contributed by atoms with Crippen LogP contribution in [0, 0.1) is 5.92 Å². The summed E-state index contributed by atoms with van der Waals surface area (Å²) >= 11 is 0. The highest BCUT2D eigenvalue weighted by Gasteiger charge is 2.24. The summed E-state index contributed by atoms with van der Waals surface area (Å²) < 4.78 is 5.69. The quantitative estimate of drug-likeness (QED) is 0.863. The van der Waals surface area contributed by atoms with Crippen molar-refractivity contribution in [2.45, 2.75) is 12.8 Å². The van der Waals surface area contributed by atoms with E-state index < -0.39 is 0 Å². The number of fused-ring (bicyclic) bond motifs is 1. The summed E-state index contributed by atoms with van der Waals surface area (Å²) in [5, 5.41) is 5.69. The molecule has 1 fully saturated rings. The van der Waals surface area contributed by atoms with Gasteiger partial charge in [0.2, 0.25) is 5.91 Å². The van der Waals surface area contributed by atoms with E-state index in [1.54, 1.807) is 4.90 Å². The maximum Gasteiger partial charge on any atom is 0.317 e. The van der Waals surface area contributed by atoms with Crippen LogP contribution in [0.15, 0.2) is 24.3 Å². The molecular weight excluding hydrogens is 282 g/mol. The summed E-state index contributed by atoms with van der Waals surface area (Å²) in [6.07, 6.45) is 1.41. The van der Waals surface area contributed by atoms with E-state index in [0.717, 1.165) is 11.3 Å². The van der Waals surface area contributed by atoms with Gasteiger partial charge in [0.15, 0.2) is 0 Å². The maximum atomic E-state index is 12.3. The Morgan fingerprint density at radius 3 is 3.09 bits per heavy atom. The predicted molar refractivity (Wildman–Crippen MR) is 81.7 cm³/mol. The van der Waals surface area contributed by atoms with Gasteiger partial charge in [-0.05, 0) is 24.5 Å². The zero-order valence-corrected chi connectivity index (χ0v) is 12.5. The van der Waals surface area contributed by atoms with Crippen molar-refractivity contribution in [2.24, 2.45) is 5.92 Å². The number of nitrogens with zero attached hydrogens (tertiary/aromatic N) is 1. The van der Waals surface area contributed by atoms with Crippen LogP contribution in [-0.4, -0.2) is 49.6 Å². The molecule has 6 nitrogen and oxygen atoms in total. The molecule has 22 heavy (non-hydrogen) atoms. The standard InChI is InChI=1S/C16H21N3O3/c20-15(17-6-8-19-9-7-18-16(19)21)13-5-10-22-14-4-2-1-3-12(14)11-13/h1-4,13H,5-11H2,(H,17,20)(H,18,21). The van der Waals surface area contributed by atoms with Gasteiger partial charge in [-0.25, -0.2) is 4.79 Å². The average molecular weight is 303 g/mol. The fourth-order valence-electron chi connectivity index (χ4n) is 2.90. The van der Waals surface area contributed by atoms with Crippen LogP contribution < -0.4 is 15.4 Å². The monoisotopic (exact) mass is 303 g/mol. The largest absolute Gasteiger partial charge is 0.493 e. The van der Waals surface area contributed by atoms with Crippen LogP contribution in [0.4, 0.5) is 4.79 Å². The van der Waals surface area contributed by atoms with Gasteiger partial charge >= 0.3 is 6.03 Å². The molecule has 2 heterocycles. The van der Waals surface area contributed by atoms with Crippen LogP contribution in [0.25, 0.3) is 0 Å². The van der Waals surface area contributed by atoms with Crippen molar-refractivity contribution in [3.63, 3.8) is 0 Å². The third-order valence-electron chi connectivity index (χ3n) is 4.16. The smallest absolute Gasteiger partial charge is 0.317 e. The maximum absolute atomic E-state index is 12.3. The second-order valence-electron chi connectivity index (χ2n) is 5.66. The number of carbonyl (C=O) groups excluding carboxylic acids is 2. The van der Waals surface area contributed by atoms with E-state index >= 15 is 0 Å². The first kappa shape index (κ1) is 14.7. The van der Waals surface area contributed by atoms with Gasteiger partial charge in [-0.3, -0.25) is 4.79 Å². The second kappa shape index (κ2) is 6.68. The number of nitrogens with one attached hydrogen (secondary N) is 2. The van der Waals surface area contributed by atoms with Gasteiger partial charge in [0, 0.05) is 32.1 Å². The molecule has 0 aromatic heterocycles. The number of para-hydroxylation sites is 1. The number of benzene rings is 1. The van der Waals surface area contributed by atoms with E-state index in [9.17, 15) is 9.59 Å². The van der Waals surface area contributed by atoms with E-state index in [1.165, 1.54) is 0 Å². The highest BCUT2D eigenvalue weighted by molar-refractivity contribution is 5.79. The number of hydrogen-bond donors (Lipinski definition) is 2. The van der Waals surface area contributed by atoms with Crippen LogP contribution >= 0.6 is 0 Å². The van der Waals surface area contributed by atoms with Crippen LogP contribution in [0.2, 0.25) is 0 Å². The van der Waals surface area contributed by atoms with Crippen molar-refractivity contribution >= 4 is 11.9 Å². The Labute approximate surface area is 129 Å². The first-order valence-electron chi connectivity index (χ1n) is 7.75. The molecular formula is C16H21N3O3. The Morgan fingerprint density at radius 1 is 1.41 bits per heavy atom. The Hall–Kier alpha value is -2.24. The molecule has 118 valence electrons.